The molecule has 1 fully saturated rings. The summed E-state index contributed by atoms with van der Waals surface area (Å²) in [6, 6.07) is 18.6. The van der Waals surface area contributed by atoms with E-state index in [1.165, 1.54) is 5.56 Å². The summed E-state index contributed by atoms with van der Waals surface area (Å²) in [7, 11) is 0. The maximum absolute atomic E-state index is 12.0. The van der Waals surface area contributed by atoms with Gasteiger partial charge in [-0.3, -0.25) is 4.79 Å². The second-order valence-corrected chi connectivity index (χ2v) is 7.60. The van der Waals surface area contributed by atoms with Crippen LogP contribution in [0.25, 0.3) is 0 Å². The summed E-state index contributed by atoms with van der Waals surface area (Å²) in [4.78, 5) is 12.0. The third-order valence-corrected chi connectivity index (χ3v) is 5.47. The molecule has 26 heavy (non-hydrogen) atoms. The maximum Gasteiger partial charge on any atom is 0.221 e. The molecule has 1 aliphatic rings. The van der Waals surface area contributed by atoms with Crippen molar-refractivity contribution in [3.05, 3.63) is 65.7 Å². The average molecular weight is 371 g/mol. The third kappa shape index (κ3) is 6.39. The van der Waals surface area contributed by atoms with Crippen LogP contribution in [0.2, 0.25) is 0 Å². The molecule has 2 aromatic carbocycles. The first-order valence-corrected chi connectivity index (χ1v) is 10.3. The summed E-state index contributed by atoms with van der Waals surface area (Å²) >= 11 is 1.92. The summed E-state index contributed by atoms with van der Waals surface area (Å²) < 4.78 is 5.80. The number of hydrogen-bond donors (Lipinski definition) is 2. The van der Waals surface area contributed by atoms with Crippen LogP contribution in [0.3, 0.4) is 0 Å². The van der Waals surface area contributed by atoms with E-state index in [2.05, 4.69) is 34.9 Å². The van der Waals surface area contributed by atoms with Gasteiger partial charge in [0, 0.05) is 37.1 Å². The number of thioether (sulfide) groups is 1. The van der Waals surface area contributed by atoms with Crippen LogP contribution in [0.1, 0.15) is 17.5 Å². The number of amides is 1. The standard InChI is InChI=1S/C21H26N2O2S/c24-21(14-19-16-26-13-12-22-19)23-11-10-17-6-8-20(9-7-17)25-15-18-4-2-1-3-5-18/h1-9,19,22H,10-16H2,(H,23,24). The van der Waals surface area contributed by atoms with Crippen LogP contribution in [0, 0.1) is 0 Å². The first-order chi connectivity index (χ1) is 12.8. The number of carbonyl (C=O) groups is 1. The molecule has 1 unspecified atom stereocenters. The van der Waals surface area contributed by atoms with E-state index >= 15 is 0 Å². The highest BCUT2D eigenvalue weighted by atomic mass is 32.2. The molecule has 0 aromatic heterocycles. The van der Waals surface area contributed by atoms with Crippen molar-refractivity contribution in [2.75, 3.05) is 24.6 Å². The van der Waals surface area contributed by atoms with Gasteiger partial charge in [-0.2, -0.15) is 11.8 Å². The Morgan fingerprint density at radius 1 is 1.12 bits per heavy atom. The van der Waals surface area contributed by atoms with Gasteiger partial charge in [0.25, 0.3) is 0 Å². The van der Waals surface area contributed by atoms with Crippen molar-refractivity contribution < 1.29 is 9.53 Å². The van der Waals surface area contributed by atoms with Gasteiger partial charge in [0.2, 0.25) is 5.91 Å². The molecule has 2 N–H and O–H groups in total. The normalized spacial score (nSPS) is 16.8. The quantitative estimate of drug-likeness (QED) is 0.750. The smallest absolute Gasteiger partial charge is 0.221 e. The summed E-state index contributed by atoms with van der Waals surface area (Å²) in [5, 5.41) is 6.41. The van der Waals surface area contributed by atoms with E-state index in [1.807, 2.05) is 42.1 Å². The van der Waals surface area contributed by atoms with Gasteiger partial charge in [-0.25, -0.2) is 0 Å². The van der Waals surface area contributed by atoms with Crippen molar-refractivity contribution in [1.82, 2.24) is 10.6 Å². The molecule has 0 spiro atoms. The SMILES string of the molecule is O=C(CC1CSCCN1)NCCc1ccc(OCc2ccccc2)cc1. The van der Waals surface area contributed by atoms with E-state index in [0.29, 0.717) is 25.6 Å². The van der Waals surface area contributed by atoms with Gasteiger partial charge in [-0.05, 0) is 29.7 Å². The van der Waals surface area contributed by atoms with Crippen LogP contribution in [-0.4, -0.2) is 36.5 Å². The second kappa shape index (κ2) is 10.2. The Balaban J connectivity index is 1.35. The number of benzene rings is 2. The lowest BCUT2D eigenvalue weighted by atomic mass is 10.1. The minimum Gasteiger partial charge on any atom is -0.489 e. The van der Waals surface area contributed by atoms with E-state index in [9.17, 15) is 4.79 Å². The summed E-state index contributed by atoms with van der Waals surface area (Å²) in [6.45, 7) is 2.24. The van der Waals surface area contributed by atoms with Crippen LogP contribution in [0.4, 0.5) is 0 Å². The fraction of sp³-hybridized carbons (Fsp3) is 0.381. The highest BCUT2D eigenvalue weighted by Gasteiger charge is 2.16. The van der Waals surface area contributed by atoms with Crippen molar-refractivity contribution in [3.8, 4) is 5.75 Å². The van der Waals surface area contributed by atoms with E-state index in [4.69, 9.17) is 4.74 Å². The van der Waals surface area contributed by atoms with Crippen LogP contribution < -0.4 is 15.4 Å². The highest BCUT2D eigenvalue weighted by molar-refractivity contribution is 7.99. The van der Waals surface area contributed by atoms with Gasteiger partial charge in [0.05, 0.1) is 0 Å². The Kier molecular flexibility index (Phi) is 7.40. The predicted molar refractivity (Wildman–Crippen MR) is 108 cm³/mol. The molecule has 1 amide bonds. The van der Waals surface area contributed by atoms with Gasteiger partial charge in [0.15, 0.2) is 0 Å². The molecule has 3 rings (SSSR count). The summed E-state index contributed by atoms with van der Waals surface area (Å²) in [6.07, 6.45) is 1.40. The van der Waals surface area contributed by atoms with Crippen molar-refractivity contribution in [2.24, 2.45) is 0 Å². The van der Waals surface area contributed by atoms with Crippen molar-refractivity contribution in [1.29, 1.82) is 0 Å². The van der Waals surface area contributed by atoms with E-state index in [0.717, 1.165) is 35.8 Å². The van der Waals surface area contributed by atoms with Crippen LogP contribution in [0.5, 0.6) is 5.75 Å². The van der Waals surface area contributed by atoms with Gasteiger partial charge in [-0.15, -0.1) is 0 Å². The zero-order valence-electron chi connectivity index (χ0n) is 14.9. The van der Waals surface area contributed by atoms with Crippen LogP contribution in [-0.2, 0) is 17.8 Å². The zero-order valence-corrected chi connectivity index (χ0v) is 15.8. The Hall–Kier alpha value is -1.98. The molecule has 0 aliphatic carbocycles. The zero-order chi connectivity index (χ0) is 18.0. The van der Waals surface area contributed by atoms with Crippen LogP contribution >= 0.6 is 11.8 Å². The largest absolute Gasteiger partial charge is 0.489 e. The molecule has 0 bridgehead atoms. The minimum absolute atomic E-state index is 0.132. The fourth-order valence-corrected chi connectivity index (χ4v) is 3.84. The monoisotopic (exact) mass is 370 g/mol. The molecular weight excluding hydrogens is 344 g/mol. The van der Waals surface area contributed by atoms with Gasteiger partial charge in [0.1, 0.15) is 12.4 Å². The van der Waals surface area contributed by atoms with E-state index in [-0.39, 0.29) is 5.91 Å². The van der Waals surface area contributed by atoms with Crippen molar-refractivity contribution in [3.63, 3.8) is 0 Å². The minimum atomic E-state index is 0.132. The first kappa shape index (κ1) is 18.8. The Morgan fingerprint density at radius 2 is 1.92 bits per heavy atom. The molecular formula is C21H26N2O2S. The number of ether oxygens (including phenoxy) is 1. The summed E-state index contributed by atoms with van der Waals surface area (Å²) in [5.74, 6) is 3.16. The molecule has 0 saturated carbocycles. The van der Waals surface area contributed by atoms with E-state index in [1.54, 1.807) is 0 Å². The molecule has 1 atom stereocenters. The molecule has 2 aromatic rings. The molecule has 138 valence electrons. The predicted octanol–water partition coefficient (Wildman–Crippen LogP) is 3.02. The molecule has 1 aliphatic heterocycles. The number of carbonyl (C=O) groups excluding carboxylic acids is 1. The molecule has 1 saturated heterocycles. The molecule has 1 heterocycles. The maximum atomic E-state index is 12.0. The Labute approximate surface area is 159 Å². The number of hydrogen-bond acceptors (Lipinski definition) is 4. The van der Waals surface area contributed by atoms with Gasteiger partial charge < -0.3 is 15.4 Å². The highest BCUT2D eigenvalue weighted by Crippen LogP contribution is 2.14. The van der Waals surface area contributed by atoms with E-state index < -0.39 is 0 Å². The van der Waals surface area contributed by atoms with Crippen molar-refractivity contribution in [2.45, 2.75) is 25.5 Å². The Morgan fingerprint density at radius 3 is 2.65 bits per heavy atom. The topological polar surface area (TPSA) is 50.4 Å². The summed E-state index contributed by atoms with van der Waals surface area (Å²) in [5.41, 5.74) is 2.36. The van der Waals surface area contributed by atoms with Gasteiger partial charge >= 0.3 is 0 Å². The van der Waals surface area contributed by atoms with Gasteiger partial charge in [-0.1, -0.05) is 42.5 Å². The lowest BCUT2D eigenvalue weighted by molar-refractivity contribution is -0.121. The third-order valence-electron chi connectivity index (χ3n) is 4.34. The molecule has 0 radical (unpaired) electrons. The van der Waals surface area contributed by atoms with Crippen LogP contribution in [0.15, 0.2) is 54.6 Å². The molecule has 4 nitrogen and oxygen atoms in total. The number of nitrogens with one attached hydrogen (secondary N) is 2. The lowest BCUT2D eigenvalue weighted by Gasteiger charge is -2.22. The average Bonchev–Trinajstić information content (AvgIpc) is 2.69. The molecule has 5 heteroatoms. The first-order valence-electron chi connectivity index (χ1n) is 9.13. The van der Waals surface area contributed by atoms with Crippen molar-refractivity contribution >= 4 is 17.7 Å². The Bertz CT molecular complexity index is 670. The lowest BCUT2D eigenvalue weighted by Crippen LogP contribution is -2.41. The number of rotatable bonds is 8. The second-order valence-electron chi connectivity index (χ2n) is 6.45. The fourth-order valence-electron chi connectivity index (χ4n) is 2.89.